The molecule has 0 bridgehead atoms. The van der Waals surface area contributed by atoms with Crippen molar-refractivity contribution in [2.24, 2.45) is 10.7 Å². The predicted octanol–water partition coefficient (Wildman–Crippen LogP) is 1.75. The second kappa shape index (κ2) is 7.29. The van der Waals surface area contributed by atoms with Gasteiger partial charge in [0, 0.05) is 22.9 Å². The Bertz CT molecular complexity index is 362. The molecule has 1 heterocycles. The van der Waals surface area contributed by atoms with Crippen LogP contribution in [0.25, 0.3) is 0 Å². The Kier molecular flexibility index (Phi) is 6.00. The van der Waals surface area contributed by atoms with Crippen LogP contribution in [-0.4, -0.2) is 25.7 Å². The smallest absolute Gasteiger partial charge is 0.189 e. The lowest BCUT2D eigenvalue weighted by molar-refractivity contribution is 0.179. The highest BCUT2D eigenvalue weighted by Gasteiger charge is 2.02. The van der Waals surface area contributed by atoms with Crippen LogP contribution in [0, 0.1) is 0 Å². The maximum Gasteiger partial charge on any atom is 0.189 e. The van der Waals surface area contributed by atoms with Crippen molar-refractivity contribution in [2.75, 3.05) is 13.7 Å². The first-order chi connectivity index (χ1) is 8.15. The van der Waals surface area contributed by atoms with Crippen LogP contribution >= 0.6 is 11.3 Å². The van der Waals surface area contributed by atoms with Crippen molar-refractivity contribution < 1.29 is 4.74 Å². The number of nitrogens with zero attached hydrogens (tertiary/aromatic N) is 1. The summed E-state index contributed by atoms with van der Waals surface area (Å²) in [6.45, 7) is 5.42. The highest BCUT2D eigenvalue weighted by atomic mass is 32.1. The molecule has 1 rings (SSSR count). The zero-order chi connectivity index (χ0) is 12.7. The first kappa shape index (κ1) is 14.0. The molecule has 96 valence electrons. The van der Waals surface area contributed by atoms with Crippen LogP contribution in [0.15, 0.2) is 17.1 Å². The van der Waals surface area contributed by atoms with Crippen molar-refractivity contribution in [2.45, 2.75) is 32.9 Å². The van der Waals surface area contributed by atoms with E-state index in [2.05, 4.69) is 29.4 Å². The molecular weight excluding hydrogens is 234 g/mol. The van der Waals surface area contributed by atoms with Gasteiger partial charge in [0.15, 0.2) is 5.96 Å². The third kappa shape index (κ3) is 5.19. The average molecular weight is 255 g/mol. The third-order valence-corrected chi connectivity index (χ3v) is 3.50. The molecule has 1 aromatic rings. The summed E-state index contributed by atoms with van der Waals surface area (Å²) in [7, 11) is 1.67. The van der Waals surface area contributed by atoms with Gasteiger partial charge in [0.25, 0.3) is 0 Å². The van der Waals surface area contributed by atoms with E-state index in [4.69, 9.17) is 10.5 Å². The molecular formula is C12H21N3OS. The Balaban J connectivity index is 2.41. The van der Waals surface area contributed by atoms with Crippen LogP contribution in [-0.2, 0) is 17.7 Å². The van der Waals surface area contributed by atoms with Gasteiger partial charge in [-0.25, -0.2) is 4.99 Å². The van der Waals surface area contributed by atoms with Crippen LogP contribution in [0.4, 0.5) is 0 Å². The minimum absolute atomic E-state index is 0.179. The fourth-order valence-corrected chi connectivity index (χ4v) is 2.33. The van der Waals surface area contributed by atoms with Crippen LogP contribution in [0.2, 0.25) is 0 Å². The molecule has 0 amide bonds. The molecule has 0 saturated carbocycles. The number of methoxy groups -OCH3 is 1. The van der Waals surface area contributed by atoms with Gasteiger partial charge < -0.3 is 15.8 Å². The van der Waals surface area contributed by atoms with E-state index in [1.165, 1.54) is 9.75 Å². The van der Waals surface area contributed by atoms with Crippen LogP contribution in [0.3, 0.4) is 0 Å². The van der Waals surface area contributed by atoms with Crippen molar-refractivity contribution in [3.8, 4) is 0 Å². The molecule has 1 atom stereocenters. The first-order valence-electron chi connectivity index (χ1n) is 5.78. The van der Waals surface area contributed by atoms with Gasteiger partial charge >= 0.3 is 0 Å². The fraction of sp³-hybridized carbons (Fsp3) is 0.583. The second-order valence-electron chi connectivity index (χ2n) is 3.92. The Hall–Kier alpha value is -1.07. The number of nitrogens with two attached hydrogens (primary N) is 1. The summed E-state index contributed by atoms with van der Waals surface area (Å²) in [6.07, 6.45) is 1.08. The van der Waals surface area contributed by atoms with Gasteiger partial charge in [0.1, 0.15) is 0 Å². The topological polar surface area (TPSA) is 59.6 Å². The van der Waals surface area contributed by atoms with E-state index < -0.39 is 0 Å². The molecule has 0 aliphatic heterocycles. The Labute approximate surface area is 107 Å². The molecule has 1 unspecified atom stereocenters. The van der Waals surface area contributed by atoms with E-state index >= 15 is 0 Å². The maximum absolute atomic E-state index is 5.78. The monoisotopic (exact) mass is 255 g/mol. The lowest BCUT2D eigenvalue weighted by atomic mass is 10.3. The molecule has 0 aliphatic rings. The minimum Gasteiger partial charge on any atom is -0.383 e. The molecule has 4 nitrogen and oxygen atoms in total. The summed E-state index contributed by atoms with van der Waals surface area (Å²) in [5.74, 6) is 0.473. The van der Waals surface area contributed by atoms with Gasteiger partial charge in [-0.15, -0.1) is 11.3 Å². The van der Waals surface area contributed by atoms with E-state index in [0.29, 0.717) is 19.1 Å². The van der Waals surface area contributed by atoms with Crippen molar-refractivity contribution in [1.82, 2.24) is 5.32 Å². The van der Waals surface area contributed by atoms with Gasteiger partial charge in [0.05, 0.1) is 13.2 Å². The van der Waals surface area contributed by atoms with Crippen molar-refractivity contribution in [1.29, 1.82) is 0 Å². The number of hydrogen-bond acceptors (Lipinski definition) is 3. The molecule has 0 radical (unpaired) electrons. The molecule has 0 saturated heterocycles. The van der Waals surface area contributed by atoms with Gasteiger partial charge in [-0.3, -0.25) is 0 Å². The molecule has 5 heteroatoms. The number of thiophene rings is 1. The normalized spacial score (nSPS) is 13.7. The fourth-order valence-electron chi connectivity index (χ4n) is 1.45. The van der Waals surface area contributed by atoms with E-state index in [1.807, 2.05) is 6.92 Å². The molecule has 17 heavy (non-hydrogen) atoms. The van der Waals surface area contributed by atoms with Crippen molar-refractivity contribution in [3.63, 3.8) is 0 Å². The summed E-state index contributed by atoms with van der Waals surface area (Å²) in [6, 6.07) is 4.43. The lowest BCUT2D eigenvalue weighted by Crippen LogP contribution is -2.40. The Morgan fingerprint density at radius 3 is 2.82 bits per heavy atom. The van der Waals surface area contributed by atoms with Crippen LogP contribution in [0.1, 0.15) is 23.6 Å². The molecule has 0 aromatic carbocycles. The lowest BCUT2D eigenvalue weighted by Gasteiger charge is -2.12. The number of aliphatic imine (C=N–C) groups is 1. The zero-order valence-corrected chi connectivity index (χ0v) is 11.5. The van der Waals surface area contributed by atoms with Gasteiger partial charge in [-0.1, -0.05) is 6.92 Å². The van der Waals surface area contributed by atoms with E-state index in [9.17, 15) is 0 Å². The Morgan fingerprint density at radius 2 is 2.24 bits per heavy atom. The number of rotatable bonds is 6. The van der Waals surface area contributed by atoms with Gasteiger partial charge in [0.2, 0.25) is 0 Å². The SMILES string of the molecule is CCc1ccc(CN=C(N)NC(C)COC)s1. The highest BCUT2D eigenvalue weighted by Crippen LogP contribution is 2.17. The zero-order valence-electron chi connectivity index (χ0n) is 10.7. The van der Waals surface area contributed by atoms with Crippen LogP contribution in [0.5, 0.6) is 0 Å². The minimum atomic E-state index is 0.179. The largest absolute Gasteiger partial charge is 0.383 e. The number of hydrogen-bond donors (Lipinski definition) is 2. The van der Waals surface area contributed by atoms with E-state index in [-0.39, 0.29) is 6.04 Å². The number of aryl methyl sites for hydroxylation is 1. The molecule has 0 aliphatic carbocycles. The highest BCUT2D eigenvalue weighted by molar-refractivity contribution is 7.11. The Morgan fingerprint density at radius 1 is 1.53 bits per heavy atom. The van der Waals surface area contributed by atoms with Gasteiger partial charge in [-0.05, 0) is 25.5 Å². The van der Waals surface area contributed by atoms with Gasteiger partial charge in [-0.2, -0.15) is 0 Å². The predicted molar refractivity (Wildman–Crippen MR) is 73.5 cm³/mol. The average Bonchev–Trinajstić information content (AvgIpc) is 2.74. The number of nitrogens with one attached hydrogen (secondary N) is 1. The summed E-state index contributed by atoms with van der Waals surface area (Å²) >= 11 is 1.79. The number of ether oxygens (including phenoxy) is 1. The summed E-state index contributed by atoms with van der Waals surface area (Å²) in [5.41, 5.74) is 5.78. The third-order valence-electron chi connectivity index (χ3n) is 2.28. The summed E-state index contributed by atoms with van der Waals surface area (Å²) in [5, 5.41) is 3.08. The maximum atomic E-state index is 5.78. The van der Waals surface area contributed by atoms with Crippen molar-refractivity contribution >= 4 is 17.3 Å². The molecule has 0 spiro atoms. The standard InChI is InChI=1S/C12H21N3OS/c1-4-10-5-6-11(17-10)7-14-12(13)15-9(2)8-16-3/h5-6,9H,4,7-8H2,1-3H3,(H3,13,14,15). The molecule has 0 fully saturated rings. The molecule has 3 N–H and O–H groups in total. The molecule has 1 aromatic heterocycles. The first-order valence-corrected chi connectivity index (χ1v) is 6.60. The quantitative estimate of drug-likeness (QED) is 0.601. The second-order valence-corrected chi connectivity index (χ2v) is 5.18. The van der Waals surface area contributed by atoms with Crippen LogP contribution < -0.4 is 11.1 Å². The van der Waals surface area contributed by atoms with E-state index in [1.54, 1.807) is 18.4 Å². The number of guanidine groups is 1. The summed E-state index contributed by atoms with van der Waals surface area (Å²) in [4.78, 5) is 6.93. The van der Waals surface area contributed by atoms with Crippen molar-refractivity contribution in [3.05, 3.63) is 21.9 Å². The van der Waals surface area contributed by atoms with E-state index in [0.717, 1.165) is 6.42 Å². The summed E-state index contributed by atoms with van der Waals surface area (Å²) < 4.78 is 5.01.